The van der Waals surface area contributed by atoms with Crippen LogP contribution in [0.5, 0.6) is 0 Å². The number of nitrogens with zero attached hydrogens (tertiary/aromatic N) is 6. The summed E-state index contributed by atoms with van der Waals surface area (Å²) < 4.78 is 43.2. The maximum Gasteiger partial charge on any atom is 0.413 e. The van der Waals surface area contributed by atoms with Gasteiger partial charge in [-0.15, -0.1) is 0 Å². The Kier molecular flexibility index (Phi) is 15.7. The van der Waals surface area contributed by atoms with Crippen LogP contribution in [0.3, 0.4) is 0 Å². The minimum atomic E-state index is -1.02. The monoisotopic (exact) mass is 882 g/mol. The van der Waals surface area contributed by atoms with Crippen LogP contribution in [0.4, 0.5) is 20.2 Å². The Hall–Kier alpha value is -5.11. The summed E-state index contributed by atoms with van der Waals surface area (Å²) >= 11 is 0. The Labute approximate surface area is 369 Å². The van der Waals surface area contributed by atoms with Gasteiger partial charge >= 0.3 is 24.2 Å². The van der Waals surface area contributed by atoms with Gasteiger partial charge in [0, 0.05) is 26.2 Å². The molecule has 0 spiro atoms. The summed E-state index contributed by atoms with van der Waals surface area (Å²) in [6.07, 6.45) is -0.124. The second-order valence-electron chi connectivity index (χ2n) is 19.2. The van der Waals surface area contributed by atoms with E-state index in [2.05, 4.69) is 30.5 Å². The van der Waals surface area contributed by atoms with Crippen molar-refractivity contribution < 1.29 is 52.3 Å². The van der Waals surface area contributed by atoms with Gasteiger partial charge in [0.15, 0.2) is 29.0 Å². The summed E-state index contributed by atoms with van der Waals surface area (Å²) in [5.74, 6) is -1.42. The minimum Gasteiger partial charge on any atom is -0.467 e. The average molecular weight is 883 g/mol. The van der Waals surface area contributed by atoms with Crippen LogP contribution < -0.4 is 10.6 Å². The Balaban J connectivity index is 1.39. The topological polar surface area (TPSA) is 207 Å². The first-order valence-corrected chi connectivity index (χ1v) is 21.4. The molecule has 3 aromatic rings. The highest BCUT2D eigenvalue weighted by molar-refractivity contribution is 5.93. The zero-order valence-corrected chi connectivity index (χ0v) is 38.8. The van der Waals surface area contributed by atoms with Crippen molar-refractivity contribution in [2.45, 2.75) is 149 Å². The van der Waals surface area contributed by atoms with Crippen molar-refractivity contribution in [2.75, 3.05) is 45.2 Å². The molecule has 2 aliphatic rings. The van der Waals surface area contributed by atoms with Gasteiger partial charge in [-0.2, -0.15) is 0 Å². The van der Waals surface area contributed by atoms with Gasteiger partial charge in [0.25, 0.3) is 0 Å². The molecular weight excluding hydrogens is 817 g/mol. The van der Waals surface area contributed by atoms with E-state index >= 15 is 0 Å². The maximum atomic E-state index is 13.5. The molecule has 0 bridgehead atoms. The molecule has 1 aromatic carbocycles. The summed E-state index contributed by atoms with van der Waals surface area (Å²) in [5.41, 5.74) is -0.407. The van der Waals surface area contributed by atoms with Crippen LogP contribution in [0.15, 0.2) is 43.0 Å². The van der Waals surface area contributed by atoms with Crippen LogP contribution in [0.1, 0.15) is 101 Å². The number of nitrogens with one attached hydrogen (secondary N) is 2. The summed E-state index contributed by atoms with van der Waals surface area (Å²) in [6, 6.07) is 8.91. The SMILES string of the molecule is COC(=O)C(CCN(CCCN(CCc1ccccc1)C(=O)OC(C)(C)C)C[C@H]1O[C@@H](n2cnc3c(NC(=O)OC(C)(C)C)ncnc32)[C@@H]2OC(C)(C)O[C@@H]21)NC(=O)OC(C)(C)C. The number of methoxy groups -OCH3 is 1. The number of ether oxygens (including phenoxy) is 7. The molecule has 2 N–H and O–H groups in total. The average Bonchev–Trinajstić information content (AvgIpc) is 3.83. The molecule has 2 saturated heterocycles. The van der Waals surface area contributed by atoms with Crippen molar-refractivity contribution in [3.05, 3.63) is 48.5 Å². The van der Waals surface area contributed by atoms with Crippen LogP contribution in [-0.2, 0) is 44.4 Å². The molecule has 5 atom stereocenters. The molecule has 2 fully saturated rings. The molecule has 19 heteroatoms. The lowest BCUT2D eigenvalue weighted by atomic mass is 10.1. The predicted octanol–water partition coefficient (Wildman–Crippen LogP) is 6.22. The molecule has 63 heavy (non-hydrogen) atoms. The molecular formula is C44H66N8O11. The molecule has 5 rings (SSSR count). The van der Waals surface area contributed by atoms with E-state index in [0.717, 1.165) is 5.56 Å². The highest BCUT2D eigenvalue weighted by atomic mass is 16.8. The summed E-state index contributed by atoms with van der Waals surface area (Å²) in [5, 5.41) is 5.34. The van der Waals surface area contributed by atoms with E-state index in [-0.39, 0.29) is 12.2 Å². The molecule has 348 valence electrons. The Morgan fingerprint density at radius 2 is 1.48 bits per heavy atom. The lowest BCUT2D eigenvalue weighted by Gasteiger charge is -2.31. The number of hydrogen-bond acceptors (Lipinski definition) is 15. The van der Waals surface area contributed by atoms with Crippen LogP contribution in [0.25, 0.3) is 11.2 Å². The second-order valence-corrected chi connectivity index (χ2v) is 19.2. The third-order valence-electron chi connectivity index (χ3n) is 9.79. The van der Waals surface area contributed by atoms with Gasteiger partial charge in [-0.1, -0.05) is 30.3 Å². The predicted molar refractivity (Wildman–Crippen MR) is 232 cm³/mol. The summed E-state index contributed by atoms with van der Waals surface area (Å²) in [4.78, 5) is 69.1. The van der Waals surface area contributed by atoms with Crippen molar-refractivity contribution >= 4 is 41.2 Å². The number of carbonyl (C=O) groups is 4. The van der Waals surface area contributed by atoms with Gasteiger partial charge < -0.3 is 48.3 Å². The molecule has 0 radical (unpaired) electrons. The van der Waals surface area contributed by atoms with E-state index in [0.29, 0.717) is 56.7 Å². The zero-order chi connectivity index (χ0) is 46.3. The molecule has 4 heterocycles. The molecule has 2 aliphatic heterocycles. The number of anilines is 1. The largest absolute Gasteiger partial charge is 0.467 e. The number of carbonyl (C=O) groups excluding carboxylic acids is 4. The first kappa shape index (κ1) is 48.9. The number of aromatic nitrogens is 4. The first-order chi connectivity index (χ1) is 29.4. The number of alkyl carbamates (subject to hydrolysis) is 1. The van der Waals surface area contributed by atoms with Crippen LogP contribution in [0.2, 0.25) is 0 Å². The standard InChI is InChI=1S/C44H66N8O11/c1-41(2,3)61-38(54)48-29(37(53)57-12)20-23-50(21-16-22-51(40(56)63-43(7,8)9)24-19-28-17-14-13-15-18-28)25-30-32-33(60-44(10,11)59-32)36(58-30)52-27-47-31-34(45-26-46-35(31)52)49-39(55)62-42(4,5)6/h13-15,17-18,26-27,29-30,32-33,36H,16,19-25H2,1-12H3,(H,48,54)(H,45,46,49,55)/t29?,30-,32-,33-,36-/m1/s1. The molecule has 1 unspecified atom stereocenters. The number of hydrogen-bond donors (Lipinski definition) is 2. The summed E-state index contributed by atoms with van der Waals surface area (Å²) in [6.45, 7) is 21.6. The van der Waals surface area contributed by atoms with Gasteiger partial charge in [0.2, 0.25) is 0 Å². The number of esters is 1. The normalized spacial score (nSPS) is 20.2. The molecule has 3 amide bonds. The minimum absolute atomic E-state index is 0.165. The van der Waals surface area contributed by atoms with Gasteiger partial charge in [0.05, 0.1) is 13.4 Å². The highest BCUT2D eigenvalue weighted by Gasteiger charge is 2.56. The fraction of sp³-hybridized carbons (Fsp3) is 0.659. The molecule has 19 nitrogen and oxygen atoms in total. The summed E-state index contributed by atoms with van der Waals surface area (Å²) in [7, 11) is 1.26. The molecule has 0 saturated carbocycles. The van der Waals surface area contributed by atoms with E-state index in [4.69, 9.17) is 33.2 Å². The maximum absolute atomic E-state index is 13.5. The number of imidazole rings is 1. The third-order valence-corrected chi connectivity index (χ3v) is 9.79. The quantitative estimate of drug-likeness (QED) is 0.121. The first-order valence-electron chi connectivity index (χ1n) is 21.4. The van der Waals surface area contributed by atoms with Crippen molar-refractivity contribution in [2.24, 2.45) is 0 Å². The van der Waals surface area contributed by atoms with Gasteiger partial charge in [0.1, 0.15) is 47.5 Å². The van der Waals surface area contributed by atoms with Crippen molar-refractivity contribution in [1.29, 1.82) is 0 Å². The second kappa shape index (κ2) is 20.2. The van der Waals surface area contributed by atoms with Crippen LogP contribution in [-0.4, -0.2) is 140 Å². The van der Waals surface area contributed by atoms with E-state index < -0.39 is 77.4 Å². The van der Waals surface area contributed by atoms with Crippen molar-refractivity contribution in [1.82, 2.24) is 34.6 Å². The third kappa shape index (κ3) is 14.5. The Bertz CT molecular complexity index is 2030. The molecule has 2 aromatic heterocycles. The van der Waals surface area contributed by atoms with Gasteiger partial charge in [-0.3, -0.25) is 9.88 Å². The van der Waals surface area contributed by atoms with Crippen molar-refractivity contribution in [3.63, 3.8) is 0 Å². The van der Waals surface area contributed by atoms with Gasteiger partial charge in [-0.05, 0) is 108 Å². The van der Waals surface area contributed by atoms with Crippen LogP contribution in [0, 0.1) is 0 Å². The Morgan fingerprint density at radius 1 is 0.825 bits per heavy atom. The zero-order valence-electron chi connectivity index (χ0n) is 38.8. The lowest BCUT2D eigenvalue weighted by molar-refractivity contribution is -0.198. The van der Waals surface area contributed by atoms with Crippen LogP contribution >= 0.6 is 0 Å². The smallest absolute Gasteiger partial charge is 0.413 e. The van der Waals surface area contributed by atoms with E-state index in [1.807, 2.05) is 65.0 Å². The van der Waals surface area contributed by atoms with E-state index in [1.54, 1.807) is 57.3 Å². The van der Waals surface area contributed by atoms with E-state index in [1.165, 1.54) is 13.4 Å². The number of amides is 3. The number of benzene rings is 1. The fourth-order valence-corrected chi connectivity index (χ4v) is 7.28. The highest BCUT2D eigenvalue weighted by Crippen LogP contribution is 2.44. The molecule has 0 aliphatic carbocycles. The lowest BCUT2D eigenvalue weighted by Crippen LogP contribution is -2.47. The number of fused-ring (bicyclic) bond motifs is 2. The van der Waals surface area contributed by atoms with Gasteiger partial charge in [-0.25, -0.2) is 34.1 Å². The Morgan fingerprint density at radius 3 is 2.13 bits per heavy atom. The van der Waals surface area contributed by atoms with E-state index in [9.17, 15) is 19.2 Å². The fourth-order valence-electron chi connectivity index (χ4n) is 7.28. The van der Waals surface area contributed by atoms with Crippen molar-refractivity contribution in [3.8, 4) is 0 Å². The number of rotatable bonds is 16.